The van der Waals surface area contributed by atoms with Gasteiger partial charge in [-0.3, -0.25) is 0 Å². The van der Waals surface area contributed by atoms with Gasteiger partial charge in [-0.05, 0) is 30.7 Å². The maximum absolute atomic E-state index is 5.55. The summed E-state index contributed by atoms with van der Waals surface area (Å²) in [6, 6.07) is 6.25. The lowest BCUT2D eigenvalue weighted by molar-refractivity contribution is 0.682. The first-order valence-electron chi connectivity index (χ1n) is 5.37. The number of aromatic nitrogens is 1. The Labute approximate surface area is 105 Å². The van der Waals surface area contributed by atoms with Gasteiger partial charge in [0.05, 0.1) is 5.69 Å². The average molecular weight is 253 g/mol. The van der Waals surface area contributed by atoms with Gasteiger partial charge in [-0.1, -0.05) is 18.3 Å². The predicted molar refractivity (Wildman–Crippen MR) is 74.1 cm³/mol. The standard InChI is InChI=1S/C11H15N3S2/c12-11(15)9-4-1-5-10(14-9)13-8-3-2-6-16-7-8/h1,4-5,8H,2-3,6-7H2,(H2,12,15)(H,13,14). The van der Waals surface area contributed by atoms with Gasteiger partial charge in [-0.25, -0.2) is 4.98 Å². The summed E-state index contributed by atoms with van der Waals surface area (Å²) in [5.74, 6) is 3.30. The Hall–Kier alpha value is -0.810. The molecular formula is C11H15N3S2. The number of pyridine rings is 1. The first-order chi connectivity index (χ1) is 7.75. The highest BCUT2D eigenvalue weighted by Crippen LogP contribution is 2.20. The summed E-state index contributed by atoms with van der Waals surface area (Å²) in [6.45, 7) is 0. The molecule has 1 unspecified atom stereocenters. The molecule has 0 aliphatic carbocycles. The van der Waals surface area contributed by atoms with Crippen molar-refractivity contribution in [2.75, 3.05) is 16.8 Å². The molecule has 86 valence electrons. The van der Waals surface area contributed by atoms with Crippen LogP contribution < -0.4 is 11.1 Å². The predicted octanol–water partition coefficient (Wildman–Crippen LogP) is 2.02. The molecule has 1 aliphatic rings. The molecule has 0 saturated carbocycles. The minimum absolute atomic E-state index is 0.349. The van der Waals surface area contributed by atoms with E-state index in [1.165, 1.54) is 18.6 Å². The molecular weight excluding hydrogens is 238 g/mol. The fourth-order valence-electron chi connectivity index (χ4n) is 1.72. The number of nitrogens with one attached hydrogen (secondary N) is 1. The number of anilines is 1. The lowest BCUT2D eigenvalue weighted by Crippen LogP contribution is -2.26. The van der Waals surface area contributed by atoms with Crippen LogP contribution in [0.2, 0.25) is 0 Å². The number of hydrogen-bond acceptors (Lipinski definition) is 4. The number of nitrogens with two attached hydrogens (primary N) is 1. The Morgan fingerprint density at radius 2 is 2.44 bits per heavy atom. The molecule has 0 amide bonds. The van der Waals surface area contributed by atoms with Crippen LogP contribution in [-0.2, 0) is 0 Å². The Kier molecular flexibility index (Phi) is 4.01. The van der Waals surface area contributed by atoms with E-state index >= 15 is 0 Å². The molecule has 1 aliphatic heterocycles. The van der Waals surface area contributed by atoms with Gasteiger partial charge in [0, 0.05) is 11.8 Å². The summed E-state index contributed by atoms with van der Waals surface area (Å²) >= 11 is 6.90. The van der Waals surface area contributed by atoms with Crippen LogP contribution >= 0.6 is 24.0 Å². The van der Waals surface area contributed by atoms with Gasteiger partial charge in [0.15, 0.2) is 0 Å². The number of nitrogens with zero attached hydrogens (tertiary/aromatic N) is 1. The van der Waals surface area contributed by atoms with Gasteiger partial charge >= 0.3 is 0 Å². The van der Waals surface area contributed by atoms with Crippen LogP contribution in [0.15, 0.2) is 18.2 Å². The molecule has 1 atom stereocenters. The summed E-state index contributed by atoms with van der Waals surface area (Å²) < 4.78 is 0. The van der Waals surface area contributed by atoms with Gasteiger partial charge in [-0.2, -0.15) is 11.8 Å². The molecule has 0 bridgehead atoms. The lowest BCUT2D eigenvalue weighted by Gasteiger charge is -2.23. The Morgan fingerprint density at radius 1 is 1.56 bits per heavy atom. The fraction of sp³-hybridized carbons (Fsp3) is 0.455. The Balaban J connectivity index is 2.02. The van der Waals surface area contributed by atoms with E-state index < -0.39 is 0 Å². The summed E-state index contributed by atoms with van der Waals surface area (Å²) in [5.41, 5.74) is 6.24. The molecule has 3 nitrogen and oxygen atoms in total. The van der Waals surface area contributed by atoms with Crippen LogP contribution in [0.1, 0.15) is 18.5 Å². The van der Waals surface area contributed by atoms with Crippen molar-refractivity contribution in [1.29, 1.82) is 0 Å². The van der Waals surface area contributed by atoms with Crippen molar-refractivity contribution in [2.24, 2.45) is 5.73 Å². The van der Waals surface area contributed by atoms with Gasteiger partial charge in [0.25, 0.3) is 0 Å². The van der Waals surface area contributed by atoms with Crippen LogP contribution in [0.25, 0.3) is 0 Å². The van der Waals surface area contributed by atoms with Crippen molar-refractivity contribution in [3.63, 3.8) is 0 Å². The van der Waals surface area contributed by atoms with E-state index in [0.717, 1.165) is 11.6 Å². The van der Waals surface area contributed by atoms with Crippen molar-refractivity contribution < 1.29 is 0 Å². The monoisotopic (exact) mass is 253 g/mol. The summed E-state index contributed by atoms with van der Waals surface area (Å²) in [4.78, 5) is 4.73. The topological polar surface area (TPSA) is 50.9 Å². The highest BCUT2D eigenvalue weighted by molar-refractivity contribution is 7.99. The number of thiocarbonyl (C=S) groups is 1. The second-order valence-electron chi connectivity index (χ2n) is 3.83. The minimum Gasteiger partial charge on any atom is -0.388 e. The summed E-state index contributed by atoms with van der Waals surface area (Å²) in [5, 5.41) is 3.43. The van der Waals surface area contributed by atoms with Crippen LogP contribution in [0.3, 0.4) is 0 Å². The molecule has 2 heterocycles. The summed E-state index contributed by atoms with van der Waals surface area (Å²) in [7, 11) is 0. The molecule has 0 spiro atoms. The van der Waals surface area contributed by atoms with E-state index in [1.807, 2.05) is 30.0 Å². The second-order valence-corrected chi connectivity index (χ2v) is 5.42. The molecule has 2 rings (SSSR count). The van der Waals surface area contributed by atoms with E-state index in [4.69, 9.17) is 18.0 Å². The van der Waals surface area contributed by atoms with Crippen molar-refractivity contribution in [2.45, 2.75) is 18.9 Å². The molecule has 1 saturated heterocycles. The third kappa shape index (κ3) is 3.09. The Bertz CT molecular complexity index is 375. The molecule has 1 aromatic heterocycles. The zero-order valence-electron chi connectivity index (χ0n) is 8.98. The van der Waals surface area contributed by atoms with Gasteiger partial charge in [0.1, 0.15) is 10.8 Å². The zero-order valence-corrected chi connectivity index (χ0v) is 10.6. The first kappa shape index (κ1) is 11.7. The van der Waals surface area contributed by atoms with Crippen molar-refractivity contribution in [3.05, 3.63) is 23.9 Å². The highest BCUT2D eigenvalue weighted by Gasteiger charge is 2.13. The molecule has 1 fully saturated rings. The highest BCUT2D eigenvalue weighted by atomic mass is 32.2. The Morgan fingerprint density at radius 3 is 3.12 bits per heavy atom. The molecule has 0 radical (unpaired) electrons. The van der Waals surface area contributed by atoms with Crippen LogP contribution in [0.5, 0.6) is 0 Å². The van der Waals surface area contributed by atoms with Crippen molar-refractivity contribution in [1.82, 2.24) is 4.98 Å². The zero-order chi connectivity index (χ0) is 11.4. The number of hydrogen-bond donors (Lipinski definition) is 2. The third-order valence-electron chi connectivity index (χ3n) is 2.51. The molecule has 16 heavy (non-hydrogen) atoms. The number of rotatable bonds is 3. The fourth-order valence-corrected chi connectivity index (χ4v) is 2.90. The van der Waals surface area contributed by atoms with Crippen molar-refractivity contribution >= 4 is 34.8 Å². The molecule has 3 N–H and O–H groups in total. The van der Waals surface area contributed by atoms with E-state index in [9.17, 15) is 0 Å². The summed E-state index contributed by atoms with van der Waals surface area (Å²) in [6.07, 6.45) is 2.49. The maximum atomic E-state index is 5.55. The van der Waals surface area contributed by atoms with Gasteiger partial charge in [-0.15, -0.1) is 0 Å². The molecule has 5 heteroatoms. The van der Waals surface area contributed by atoms with E-state index in [0.29, 0.717) is 16.7 Å². The van der Waals surface area contributed by atoms with Crippen molar-refractivity contribution in [3.8, 4) is 0 Å². The normalized spacial score (nSPS) is 20.4. The number of thioether (sulfide) groups is 1. The molecule has 1 aromatic rings. The maximum Gasteiger partial charge on any atom is 0.126 e. The van der Waals surface area contributed by atoms with Gasteiger partial charge in [0.2, 0.25) is 0 Å². The SMILES string of the molecule is NC(=S)c1cccc(NC2CCCSC2)n1. The average Bonchev–Trinajstić information content (AvgIpc) is 2.30. The lowest BCUT2D eigenvalue weighted by atomic mass is 10.2. The quantitative estimate of drug-likeness (QED) is 0.807. The van der Waals surface area contributed by atoms with E-state index in [1.54, 1.807) is 0 Å². The van der Waals surface area contributed by atoms with Crippen LogP contribution in [0.4, 0.5) is 5.82 Å². The smallest absolute Gasteiger partial charge is 0.126 e. The van der Waals surface area contributed by atoms with Crippen LogP contribution in [-0.4, -0.2) is 27.5 Å². The molecule has 0 aromatic carbocycles. The van der Waals surface area contributed by atoms with Crippen LogP contribution in [0, 0.1) is 0 Å². The third-order valence-corrected chi connectivity index (χ3v) is 3.94. The largest absolute Gasteiger partial charge is 0.388 e. The van der Waals surface area contributed by atoms with Gasteiger partial charge < -0.3 is 11.1 Å². The van der Waals surface area contributed by atoms with E-state index in [2.05, 4.69) is 10.3 Å². The minimum atomic E-state index is 0.349. The second kappa shape index (κ2) is 5.50. The first-order valence-corrected chi connectivity index (χ1v) is 6.93. The van der Waals surface area contributed by atoms with E-state index in [-0.39, 0.29) is 0 Å².